The zero-order valence-electron chi connectivity index (χ0n) is 13.8. The van der Waals surface area contributed by atoms with Gasteiger partial charge >= 0.3 is 6.03 Å². The van der Waals surface area contributed by atoms with Crippen molar-refractivity contribution in [3.63, 3.8) is 0 Å². The lowest BCUT2D eigenvalue weighted by atomic mass is 9.63. The molecule has 1 rings (SSSR count). The topological polar surface area (TPSA) is 26.8 Å². The van der Waals surface area contributed by atoms with Crippen molar-refractivity contribution in [1.29, 1.82) is 0 Å². The molecule has 0 radical (unpaired) electrons. The van der Waals surface area contributed by atoms with E-state index in [4.69, 9.17) is 0 Å². The summed E-state index contributed by atoms with van der Waals surface area (Å²) < 4.78 is 0. The number of carbonyl (C=O) groups excluding carboxylic acids is 1. The van der Waals surface area contributed by atoms with Crippen molar-refractivity contribution >= 4 is 6.03 Å². The minimum atomic E-state index is -0.0725. The first kappa shape index (κ1) is 16.3. The van der Waals surface area contributed by atoms with Crippen molar-refractivity contribution in [2.75, 3.05) is 34.9 Å². The number of hydrogen-bond donors (Lipinski definition) is 0. The van der Waals surface area contributed by atoms with E-state index in [1.54, 1.807) is 4.90 Å². The summed E-state index contributed by atoms with van der Waals surface area (Å²) in [5.74, 6) is 0. The van der Waals surface area contributed by atoms with Gasteiger partial charge in [0, 0.05) is 19.6 Å². The van der Waals surface area contributed by atoms with Gasteiger partial charge in [-0.1, -0.05) is 26.7 Å². The molecule has 0 spiro atoms. The van der Waals surface area contributed by atoms with Crippen LogP contribution in [0.4, 0.5) is 4.79 Å². The zero-order valence-corrected chi connectivity index (χ0v) is 13.8. The lowest BCUT2D eigenvalue weighted by molar-refractivity contribution is -0.0349. The molecule has 0 bridgehead atoms. The minimum Gasteiger partial charge on any atom is -0.331 e. The number of carbonyl (C=O) groups is 1. The minimum absolute atomic E-state index is 0.0725. The summed E-state index contributed by atoms with van der Waals surface area (Å²) in [4.78, 5) is 18.4. The fourth-order valence-corrected chi connectivity index (χ4v) is 3.10. The highest BCUT2D eigenvalue weighted by atomic mass is 16.2. The van der Waals surface area contributed by atoms with Crippen LogP contribution in [0.1, 0.15) is 46.5 Å². The predicted molar refractivity (Wildman–Crippen MR) is 80.1 cm³/mol. The molecule has 112 valence electrons. The number of amides is 2. The van der Waals surface area contributed by atoms with E-state index >= 15 is 0 Å². The summed E-state index contributed by atoms with van der Waals surface area (Å²) in [6, 6.07) is 0.117. The monoisotopic (exact) mass is 269 g/mol. The molecule has 0 aliphatic heterocycles. The van der Waals surface area contributed by atoms with E-state index in [1.807, 2.05) is 28.2 Å². The van der Waals surface area contributed by atoms with Crippen LogP contribution < -0.4 is 0 Å². The Kier molecular flexibility index (Phi) is 4.88. The molecule has 1 fully saturated rings. The summed E-state index contributed by atoms with van der Waals surface area (Å²) in [5, 5.41) is 0. The molecule has 1 unspecified atom stereocenters. The molecule has 4 nitrogen and oxygen atoms in total. The van der Waals surface area contributed by atoms with Crippen LogP contribution in [0, 0.1) is 5.41 Å². The maximum Gasteiger partial charge on any atom is 0.320 e. The van der Waals surface area contributed by atoms with Crippen LogP contribution in [0.25, 0.3) is 0 Å². The third-order valence-electron chi connectivity index (χ3n) is 4.81. The first-order valence-electron chi connectivity index (χ1n) is 7.25. The maximum absolute atomic E-state index is 12.6. The van der Waals surface area contributed by atoms with E-state index in [9.17, 15) is 4.79 Å². The maximum atomic E-state index is 12.6. The quantitative estimate of drug-likeness (QED) is 0.737. The van der Waals surface area contributed by atoms with Crippen LogP contribution in [0.3, 0.4) is 0 Å². The molecule has 19 heavy (non-hydrogen) atoms. The second-order valence-electron chi connectivity index (χ2n) is 7.19. The van der Waals surface area contributed by atoms with E-state index in [0.717, 1.165) is 6.42 Å². The molecule has 0 N–H and O–H groups in total. The van der Waals surface area contributed by atoms with Crippen molar-refractivity contribution in [1.82, 2.24) is 14.7 Å². The van der Waals surface area contributed by atoms with E-state index in [2.05, 4.69) is 30.6 Å². The first-order chi connectivity index (χ1) is 8.62. The number of urea groups is 1. The van der Waals surface area contributed by atoms with Gasteiger partial charge in [-0.15, -0.1) is 0 Å². The van der Waals surface area contributed by atoms with Gasteiger partial charge in [0.05, 0.1) is 6.67 Å². The van der Waals surface area contributed by atoms with Gasteiger partial charge in [-0.25, -0.2) is 4.79 Å². The van der Waals surface area contributed by atoms with Crippen LogP contribution in [0.5, 0.6) is 0 Å². The average Bonchev–Trinajstić information content (AvgIpc) is 2.28. The van der Waals surface area contributed by atoms with Gasteiger partial charge < -0.3 is 9.80 Å². The molecular formula is C15H31N3O. The molecule has 1 saturated carbocycles. The predicted octanol–water partition coefficient (Wildman–Crippen LogP) is 2.85. The standard InChI is InChI=1S/C15H31N3O/c1-14(2)10-8-9-11-15(14,3)18(12-16(4)5)13(19)17(6)7/h8-12H2,1-7H3. The Morgan fingerprint density at radius 1 is 1.00 bits per heavy atom. The van der Waals surface area contributed by atoms with Crippen LogP contribution in [0.2, 0.25) is 0 Å². The number of rotatable bonds is 3. The summed E-state index contributed by atoms with van der Waals surface area (Å²) in [6.45, 7) is 7.55. The molecule has 0 aromatic heterocycles. The van der Waals surface area contributed by atoms with Crippen LogP contribution in [-0.4, -0.2) is 61.1 Å². The van der Waals surface area contributed by atoms with Crippen molar-refractivity contribution in [2.45, 2.75) is 52.0 Å². The second kappa shape index (κ2) is 5.70. The van der Waals surface area contributed by atoms with Gasteiger partial charge in [0.1, 0.15) is 0 Å². The number of nitrogens with zero attached hydrogens (tertiary/aromatic N) is 3. The van der Waals surface area contributed by atoms with Crippen molar-refractivity contribution < 1.29 is 4.79 Å². The Hall–Kier alpha value is -0.770. The zero-order chi connectivity index (χ0) is 14.8. The molecule has 0 saturated heterocycles. The Balaban J connectivity index is 3.10. The molecule has 1 atom stereocenters. The van der Waals surface area contributed by atoms with Crippen molar-refractivity contribution in [3.05, 3.63) is 0 Å². The molecule has 4 heteroatoms. The van der Waals surface area contributed by atoms with E-state index < -0.39 is 0 Å². The fourth-order valence-electron chi connectivity index (χ4n) is 3.10. The van der Waals surface area contributed by atoms with Gasteiger partial charge in [0.2, 0.25) is 0 Å². The summed E-state index contributed by atoms with van der Waals surface area (Å²) in [7, 11) is 7.72. The Morgan fingerprint density at radius 3 is 1.95 bits per heavy atom. The van der Waals surface area contributed by atoms with Crippen LogP contribution >= 0.6 is 0 Å². The highest BCUT2D eigenvalue weighted by Gasteiger charge is 2.49. The number of hydrogen-bond acceptors (Lipinski definition) is 2. The molecule has 1 aliphatic rings. The normalized spacial score (nSPS) is 26.3. The van der Waals surface area contributed by atoms with Gasteiger partial charge in [0.25, 0.3) is 0 Å². The van der Waals surface area contributed by atoms with Gasteiger partial charge in [-0.2, -0.15) is 0 Å². The van der Waals surface area contributed by atoms with E-state index in [1.165, 1.54) is 19.3 Å². The molecule has 2 amide bonds. The van der Waals surface area contributed by atoms with Crippen molar-refractivity contribution in [2.24, 2.45) is 5.41 Å². The smallest absolute Gasteiger partial charge is 0.320 e. The lowest BCUT2D eigenvalue weighted by Gasteiger charge is -2.55. The Bertz CT molecular complexity index is 325. The molecular weight excluding hydrogens is 238 g/mol. The van der Waals surface area contributed by atoms with Crippen LogP contribution in [0.15, 0.2) is 0 Å². The highest BCUT2D eigenvalue weighted by molar-refractivity contribution is 5.74. The SMILES string of the molecule is CN(C)CN(C(=O)N(C)C)C1(C)CCCCC1(C)C. The Labute approximate surface area is 118 Å². The van der Waals surface area contributed by atoms with Gasteiger partial charge in [-0.3, -0.25) is 4.90 Å². The lowest BCUT2D eigenvalue weighted by Crippen LogP contribution is -2.63. The molecule has 1 aliphatic carbocycles. The van der Waals surface area contributed by atoms with E-state index in [0.29, 0.717) is 6.67 Å². The van der Waals surface area contributed by atoms with Crippen molar-refractivity contribution in [3.8, 4) is 0 Å². The summed E-state index contributed by atoms with van der Waals surface area (Å²) in [5.41, 5.74) is 0.0871. The van der Waals surface area contributed by atoms with E-state index in [-0.39, 0.29) is 17.0 Å². The molecule has 0 heterocycles. The van der Waals surface area contributed by atoms with Crippen LogP contribution in [-0.2, 0) is 0 Å². The molecule has 0 aromatic rings. The third kappa shape index (κ3) is 3.22. The highest BCUT2D eigenvalue weighted by Crippen LogP contribution is 2.47. The first-order valence-corrected chi connectivity index (χ1v) is 7.25. The molecule has 0 aromatic carbocycles. The average molecular weight is 269 g/mol. The van der Waals surface area contributed by atoms with Gasteiger partial charge in [0.15, 0.2) is 0 Å². The fraction of sp³-hybridized carbons (Fsp3) is 0.933. The summed E-state index contributed by atoms with van der Waals surface area (Å²) in [6.07, 6.45) is 4.76. The Morgan fingerprint density at radius 2 is 1.53 bits per heavy atom. The van der Waals surface area contributed by atoms with Gasteiger partial charge in [-0.05, 0) is 39.3 Å². The third-order valence-corrected chi connectivity index (χ3v) is 4.81. The summed E-state index contributed by atoms with van der Waals surface area (Å²) >= 11 is 0. The largest absolute Gasteiger partial charge is 0.331 e. The second-order valence-corrected chi connectivity index (χ2v) is 7.19.